The third kappa shape index (κ3) is 3.41. The van der Waals surface area contributed by atoms with Gasteiger partial charge in [-0.15, -0.1) is 0 Å². The fourth-order valence-corrected chi connectivity index (χ4v) is 2.76. The van der Waals surface area contributed by atoms with Gasteiger partial charge in [-0.1, -0.05) is 6.08 Å². The van der Waals surface area contributed by atoms with Crippen LogP contribution in [0.15, 0.2) is 52.3 Å². The first-order valence-corrected chi connectivity index (χ1v) is 7.70. The van der Waals surface area contributed by atoms with Gasteiger partial charge in [-0.3, -0.25) is 0 Å². The topological polar surface area (TPSA) is 55.8 Å². The van der Waals surface area contributed by atoms with Crippen LogP contribution in [0.3, 0.4) is 0 Å². The van der Waals surface area contributed by atoms with Crippen LogP contribution in [0.1, 0.15) is 5.56 Å². The molecule has 5 nitrogen and oxygen atoms in total. The third-order valence-corrected chi connectivity index (χ3v) is 3.94. The second-order valence-corrected chi connectivity index (χ2v) is 5.73. The molecule has 7 heteroatoms. The van der Waals surface area contributed by atoms with Gasteiger partial charge in [0.1, 0.15) is 11.5 Å². The number of carbonyl (C=O) groups excluding carboxylic acids is 2. The molecular formula is C17H15BrFNO4. The first-order chi connectivity index (χ1) is 11.4. The van der Waals surface area contributed by atoms with Gasteiger partial charge in [-0.05, 0) is 52.7 Å². The lowest BCUT2D eigenvalue weighted by atomic mass is 10.1. The highest BCUT2D eigenvalue weighted by atomic mass is 79.9. The summed E-state index contributed by atoms with van der Waals surface area (Å²) in [6, 6.07) is 3.07. The monoisotopic (exact) mass is 395 g/mol. The number of anilines is 1. The Morgan fingerprint density at radius 3 is 2.38 bits per heavy atom. The summed E-state index contributed by atoms with van der Waals surface area (Å²) in [6.45, 7) is 1.60. The Labute approximate surface area is 147 Å². The zero-order valence-electron chi connectivity index (χ0n) is 13.3. The molecule has 0 bridgehead atoms. The molecule has 1 aliphatic heterocycles. The van der Waals surface area contributed by atoms with Crippen molar-refractivity contribution in [3.63, 3.8) is 0 Å². The quantitative estimate of drug-likeness (QED) is 0.734. The molecule has 0 saturated carbocycles. The van der Waals surface area contributed by atoms with Gasteiger partial charge in [-0.2, -0.15) is 0 Å². The maximum atomic E-state index is 13.9. The molecular weight excluding hydrogens is 381 g/mol. The van der Waals surface area contributed by atoms with E-state index in [9.17, 15) is 14.0 Å². The predicted molar refractivity (Wildman–Crippen MR) is 90.7 cm³/mol. The zero-order chi connectivity index (χ0) is 17.9. The summed E-state index contributed by atoms with van der Waals surface area (Å²) in [7, 11) is 2.44. The van der Waals surface area contributed by atoms with E-state index in [1.165, 1.54) is 31.3 Å². The average Bonchev–Trinajstić information content (AvgIpc) is 2.80. The molecule has 0 aliphatic carbocycles. The van der Waals surface area contributed by atoms with Crippen molar-refractivity contribution in [2.75, 3.05) is 19.1 Å². The van der Waals surface area contributed by atoms with Crippen LogP contribution in [0, 0.1) is 12.7 Å². The van der Waals surface area contributed by atoms with Crippen LogP contribution in [0.2, 0.25) is 0 Å². The van der Waals surface area contributed by atoms with Crippen molar-refractivity contribution in [2.24, 2.45) is 0 Å². The maximum absolute atomic E-state index is 13.9. The molecule has 2 rings (SSSR count). The molecule has 0 atom stereocenters. The van der Waals surface area contributed by atoms with Crippen molar-refractivity contribution in [1.82, 2.24) is 0 Å². The highest BCUT2D eigenvalue weighted by molar-refractivity contribution is 9.10. The molecule has 0 aromatic heterocycles. The van der Waals surface area contributed by atoms with E-state index in [0.29, 0.717) is 11.3 Å². The first kappa shape index (κ1) is 17.9. The van der Waals surface area contributed by atoms with Crippen molar-refractivity contribution < 1.29 is 23.5 Å². The minimum Gasteiger partial charge on any atom is -0.465 e. The average molecular weight is 396 g/mol. The van der Waals surface area contributed by atoms with Crippen LogP contribution in [-0.2, 0) is 19.1 Å². The fraction of sp³-hybridized carbons (Fsp3) is 0.176. The SMILES string of the molecule is COC(=O)C1=C(C(=O)OC)N(c2cc(C)c(F)c(Br)c2)C=CC=C1. The Bertz CT molecular complexity index is 760. The molecule has 0 fully saturated rings. The van der Waals surface area contributed by atoms with E-state index in [4.69, 9.17) is 9.47 Å². The zero-order valence-corrected chi connectivity index (χ0v) is 14.9. The molecule has 1 aromatic carbocycles. The second-order valence-electron chi connectivity index (χ2n) is 4.87. The summed E-state index contributed by atoms with van der Waals surface area (Å²) in [4.78, 5) is 25.8. The van der Waals surface area contributed by atoms with Gasteiger partial charge in [0, 0.05) is 11.9 Å². The van der Waals surface area contributed by atoms with E-state index in [-0.39, 0.29) is 15.7 Å². The van der Waals surface area contributed by atoms with Crippen molar-refractivity contribution in [3.8, 4) is 0 Å². The molecule has 126 valence electrons. The highest BCUT2D eigenvalue weighted by Crippen LogP contribution is 2.31. The Hall–Kier alpha value is -2.41. The third-order valence-electron chi connectivity index (χ3n) is 3.36. The Balaban J connectivity index is 2.70. The number of nitrogens with zero attached hydrogens (tertiary/aromatic N) is 1. The molecule has 0 spiro atoms. The van der Waals surface area contributed by atoms with Gasteiger partial charge >= 0.3 is 11.9 Å². The summed E-state index contributed by atoms with van der Waals surface area (Å²) in [6.07, 6.45) is 6.28. The normalized spacial score (nSPS) is 13.8. The van der Waals surface area contributed by atoms with Gasteiger partial charge in [0.05, 0.1) is 24.3 Å². The van der Waals surface area contributed by atoms with Gasteiger partial charge in [0.15, 0.2) is 0 Å². The van der Waals surface area contributed by atoms with Crippen molar-refractivity contribution >= 4 is 33.6 Å². The summed E-state index contributed by atoms with van der Waals surface area (Å²) in [5.41, 5.74) is 0.885. The van der Waals surface area contributed by atoms with E-state index in [0.717, 1.165) is 0 Å². The summed E-state index contributed by atoms with van der Waals surface area (Å²) in [5.74, 6) is -1.80. The van der Waals surface area contributed by atoms with Crippen molar-refractivity contribution in [1.29, 1.82) is 0 Å². The summed E-state index contributed by atoms with van der Waals surface area (Å²) in [5, 5.41) is 0. The number of halogens is 2. The number of allylic oxidation sites excluding steroid dienone is 2. The standard InChI is InChI=1S/C17H15BrFNO4/c1-10-8-11(9-13(18)14(10)19)20-7-5-4-6-12(16(21)23-2)15(20)17(22)24-3/h4-9H,1-3H3. The van der Waals surface area contributed by atoms with Crippen molar-refractivity contribution in [2.45, 2.75) is 6.92 Å². The van der Waals surface area contributed by atoms with E-state index in [1.54, 1.807) is 31.3 Å². The highest BCUT2D eigenvalue weighted by Gasteiger charge is 2.28. The minimum absolute atomic E-state index is 0.0211. The molecule has 0 unspecified atom stereocenters. The van der Waals surface area contributed by atoms with Crippen LogP contribution >= 0.6 is 15.9 Å². The Kier molecular flexibility index (Phi) is 5.56. The minimum atomic E-state index is -0.718. The molecule has 1 aromatic rings. The Morgan fingerprint density at radius 1 is 1.12 bits per heavy atom. The molecule has 24 heavy (non-hydrogen) atoms. The Morgan fingerprint density at radius 2 is 1.79 bits per heavy atom. The van der Waals surface area contributed by atoms with E-state index in [2.05, 4.69) is 15.9 Å². The first-order valence-electron chi connectivity index (χ1n) is 6.91. The number of hydrogen-bond acceptors (Lipinski definition) is 5. The number of methoxy groups -OCH3 is 2. The van der Waals surface area contributed by atoms with Crippen LogP contribution < -0.4 is 4.90 Å². The lowest BCUT2D eigenvalue weighted by Gasteiger charge is -2.23. The largest absolute Gasteiger partial charge is 0.465 e. The number of ether oxygens (including phenoxy) is 2. The van der Waals surface area contributed by atoms with E-state index < -0.39 is 17.8 Å². The molecule has 1 aliphatic rings. The molecule has 0 radical (unpaired) electrons. The number of benzene rings is 1. The van der Waals surface area contributed by atoms with E-state index >= 15 is 0 Å². The molecule has 0 saturated heterocycles. The van der Waals surface area contributed by atoms with E-state index in [1.807, 2.05) is 0 Å². The maximum Gasteiger partial charge on any atom is 0.355 e. The molecule has 0 N–H and O–H groups in total. The van der Waals surface area contributed by atoms with Crippen LogP contribution in [-0.4, -0.2) is 26.2 Å². The van der Waals surface area contributed by atoms with Gasteiger partial charge in [0.2, 0.25) is 0 Å². The summed E-state index contributed by atoms with van der Waals surface area (Å²) < 4.78 is 23.7. The number of aryl methyl sites for hydroxylation is 1. The lowest BCUT2D eigenvalue weighted by molar-refractivity contribution is -0.139. The second kappa shape index (κ2) is 7.44. The fourth-order valence-electron chi connectivity index (χ4n) is 2.21. The number of esters is 2. The van der Waals surface area contributed by atoms with Gasteiger partial charge < -0.3 is 14.4 Å². The lowest BCUT2D eigenvalue weighted by Crippen LogP contribution is -2.27. The predicted octanol–water partition coefficient (Wildman–Crippen LogP) is 3.39. The van der Waals surface area contributed by atoms with Gasteiger partial charge in [0.25, 0.3) is 0 Å². The van der Waals surface area contributed by atoms with Gasteiger partial charge in [-0.25, -0.2) is 14.0 Å². The van der Waals surface area contributed by atoms with Crippen LogP contribution in [0.4, 0.5) is 10.1 Å². The molecule has 0 amide bonds. The van der Waals surface area contributed by atoms with Crippen LogP contribution in [0.5, 0.6) is 0 Å². The number of rotatable bonds is 3. The summed E-state index contributed by atoms with van der Waals surface area (Å²) >= 11 is 3.15. The smallest absolute Gasteiger partial charge is 0.355 e. The van der Waals surface area contributed by atoms with Crippen molar-refractivity contribution in [3.05, 3.63) is 63.7 Å². The number of hydrogen-bond donors (Lipinski definition) is 0. The van der Waals surface area contributed by atoms with Crippen LogP contribution in [0.25, 0.3) is 0 Å². The molecule has 1 heterocycles. The number of carbonyl (C=O) groups is 2.